The summed E-state index contributed by atoms with van der Waals surface area (Å²) in [7, 11) is 2.17. The smallest absolute Gasteiger partial charge is 0.0688 e. The van der Waals surface area contributed by atoms with E-state index in [0.717, 1.165) is 19.4 Å². The van der Waals surface area contributed by atoms with Crippen LogP contribution in [0.3, 0.4) is 0 Å². The Balaban J connectivity index is 1.98. The van der Waals surface area contributed by atoms with Crippen LogP contribution in [0.25, 0.3) is 0 Å². The van der Waals surface area contributed by atoms with Crippen LogP contribution in [0.5, 0.6) is 0 Å². The van der Waals surface area contributed by atoms with Crippen LogP contribution in [0.4, 0.5) is 0 Å². The van der Waals surface area contributed by atoms with E-state index in [1.807, 2.05) is 0 Å². The fourth-order valence-electron chi connectivity index (χ4n) is 3.00. The molecule has 0 aromatic carbocycles. The molecule has 1 saturated carbocycles. The van der Waals surface area contributed by atoms with Crippen LogP contribution in [-0.2, 0) is 0 Å². The lowest BCUT2D eigenvalue weighted by molar-refractivity contribution is -0.0383. The van der Waals surface area contributed by atoms with E-state index in [9.17, 15) is 5.11 Å². The minimum absolute atomic E-state index is 0.297. The largest absolute Gasteiger partial charge is 0.390 e. The standard InChI is InChI=1S/C11H21NO/c1-12-8-4-5-10(9-12)11(13)6-2-3-7-11/h10,13H,2-9H2,1H3. The first-order valence-corrected chi connectivity index (χ1v) is 5.62. The second kappa shape index (κ2) is 3.58. The van der Waals surface area contributed by atoms with Crippen molar-refractivity contribution in [3.05, 3.63) is 0 Å². The van der Waals surface area contributed by atoms with Gasteiger partial charge < -0.3 is 10.0 Å². The van der Waals surface area contributed by atoms with E-state index in [2.05, 4.69) is 11.9 Å². The predicted molar refractivity (Wildman–Crippen MR) is 53.6 cm³/mol. The van der Waals surface area contributed by atoms with Crippen molar-refractivity contribution in [2.45, 2.75) is 44.1 Å². The fraction of sp³-hybridized carbons (Fsp3) is 1.00. The Bertz CT molecular complexity index is 175. The third-order valence-electron chi connectivity index (χ3n) is 3.85. The third kappa shape index (κ3) is 1.89. The van der Waals surface area contributed by atoms with Crippen molar-refractivity contribution in [2.75, 3.05) is 20.1 Å². The minimum Gasteiger partial charge on any atom is -0.390 e. The van der Waals surface area contributed by atoms with E-state index in [1.165, 1.54) is 32.2 Å². The molecule has 0 radical (unpaired) electrons. The van der Waals surface area contributed by atoms with Gasteiger partial charge in [-0.15, -0.1) is 0 Å². The zero-order valence-electron chi connectivity index (χ0n) is 8.63. The molecule has 0 amide bonds. The number of likely N-dealkylation sites (tertiary alicyclic amines) is 1. The van der Waals surface area contributed by atoms with Crippen LogP contribution in [0.2, 0.25) is 0 Å². The molecule has 0 aromatic heterocycles. The molecule has 76 valence electrons. The van der Waals surface area contributed by atoms with Crippen molar-refractivity contribution < 1.29 is 5.11 Å². The maximum absolute atomic E-state index is 10.4. The van der Waals surface area contributed by atoms with Crippen LogP contribution in [0.15, 0.2) is 0 Å². The summed E-state index contributed by atoms with van der Waals surface area (Å²) in [5.74, 6) is 0.550. The maximum atomic E-state index is 10.4. The first kappa shape index (κ1) is 9.47. The van der Waals surface area contributed by atoms with Crippen LogP contribution < -0.4 is 0 Å². The first-order chi connectivity index (χ1) is 6.21. The highest BCUT2D eigenvalue weighted by atomic mass is 16.3. The highest BCUT2D eigenvalue weighted by Gasteiger charge is 2.40. The van der Waals surface area contributed by atoms with Crippen LogP contribution >= 0.6 is 0 Å². The molecule has 2 nitrogen and oxygen atoms in total. The summed E-state index contributed by atoms with van der Waals surface area (Å²) in [6.07, 6.45) is 7.06. The SMILES string of the molecule is CN1CCCC(C2(O)CCCC2)C1. The van der Waals surface area contributed by atoms with Gasteiger partial charge in [-0.25, -0.2) is 0 Å². The Morgan fingerprint density at radius 2 is 1.92 bits per heavy atom. The van der Waals surface area contributed by atoms with Crippen molar-refractivity contribution in [1.82, 2.24) is 4.90 Å². The molecule has 2 aliphatic rings. The summed E-state index contributed by atoms with van der Waals surface area (Å²) in [6, 6.07) is 0. The lowest BCUT2D eigenvalue weighted by Gasteiger charge is -2.39. The molecule has 0 bridgehead atoms. The molecule has 2 rings (SSSR count). The molecule has 1 atom stereocenters. The zero-order chi connectivity index (χ0) is 9.31. The number of rotatable bonds is 1. The highest BCUT2D eigenvalue weighted by Crippen LogP contribution is 2.39. The Morgan fingerprint density at radius 1 is 1.23 bits per heavy atom. The van der Waals surface area contributed by atoms with Crippen LogP contribution in [-0.4, -0.2) is 35.7 Å². The van der Waals surface area contributed by atoms with Crippen molar-refractivity contribution in [3.8, 4) is 0 Å². The Morgan fingerprint density at radius 3 is 2.54 bits per heavy atom. The van der Waals surface area contributed by atoms with Crippen molar-refractivity contribution in [2.24, 2.45) is 5.92 Å². The molecular formula is C11H21NO. The van der Waals surface area contributed by atoms with Crippen molar-refractivity contribution in [1.29, 1.82) is 0 Å². The summed E-state index contributed by atoms with van der Waals surface area (Å²) in [5, 5.41) is 10.4. The van der Waals surface area contributed by atoms with Gasteiger partial charge in [0.1, 0.15) is 0 Å². The van der Waals surface area contributed by atoms with Gasteiger partial charge in [-0.1, -0.05) is 12.8 Å². The van der Waals surface area contributed by atoms with Crippen molar-refractivity contribution in [3.63, 3.8) is 0 Å². The molecule has 2 heteroatoms. The molecule has 13 heavy (non-hydrogen) atoms. The topological polar surface area (TPSA) is 23.5 Å². The lowest BCUT2D eigenvalue weighted by atomic mass is 9.80. The van der Waals surface area contributed by atoms with Gasteiger partial charge in [-0.2, -0.15) is 0 Å². The summed E-state index contributed by atoms with van der Waals surface area (Å²) >= 11 is 0. The Kier molecular flexibility index (Phi) is 2.61. The fourth-order valence-corrected chi connectivity index (χ4v) is 3.00. The van der Waals surface area contributed by atoms with Gasteiger partial charge in [0.05, 0.1) is 5.60 Å². The Labute approximate surface area is 80.9 Å². The van der Waals surface area contributed by atoms with Gasteiger partial charge in [-0.3, -0.25) is 0 Å². The average Bonchev–Trinajstić information content (AvgIpc) is 2.54. The number of nitrogens with zero attached hydrogens (tertiary/aromatic N) is 1. The molecule has 0 aromatic rings. The molecule has 2 fully saturated rings. The van der Waals surface area contributed by atoms with E-state index in [4.69, 9.17) is 0 Å². The summed E-state index contributed by atoms with van der Waals surface area (Å²) < 4.78 is 0. The van der Waals surface area contributed by atoms with Crippen LogP contribution in [0, 0.1) is 5.92 Å². The minimum atomic E-state index is -0.297. The van der Waals surface area contributed by atoms with E-state index >= 15 is 0 Å². The molecule has 1 heterocycles. The number of piperidine rings is 1. The second-order valence-electron chi connectivity index (χ2n) is 4.91. The van der Waals surface area contributed by atoms with Gasteiger partial charge in [0.25, 0.3) is 0 Å². The third-order valence-corrected chi connectivity index (χ3v) is 3.85. The molecule has 1 saturated heterocycles. The molecule has 0 spiro atoms. The quantitative estimate of drug-likeness (QED) is 0.668. The van der Waals surface area contributed by atoms with Gasteiger partial charge in [0.15, 0.2) is 0 Å². The number of hydrogen-bond donors (Lipinski definition) is 1. The second-order valence-corrected chi connectivity index (χ2v) is 4.91. The van der Waals surface area contributed by atoms with E-state index in [1.54, 1.807) is 0 Å². The normalized spacial score (nSPS) is 35.1. The molecular weight excluding hydrogens is 162 g/mol. The monoisotopic (exact) mass is 183 g/mol. The molecule has 1 aliphatic heterocycles. The maximum Gasteiger partial charge on any atom is 0.0688 e. The first-order valence-electron chi connectivity index (χ1n) is 5.62. The van der Waals surface area contributed by atoms with E-state index in [-0.39, 0.29) is 5.60 Å². The molecule has 1 unspecified atom stereocenters. The summed E-state index contributed by atoms with van der Waals surface area (Å²) in [5.41, 5.74) is -0.297. The predicted octanol–water partition coefficient (Wildman–Crippen LogP) is 1.63. The average molecular weight is 183 g/mol. The zero-order valence-corrected chi connectivity index (χ0v) is 8.63. The molecule has 1 N–H and O–H groups in total. The van der Waals surface area contributed by atoms with Gasteiger partial charge in [0, 0.05) is 12.5 Å². The van der Waals surface area contributed by atoms with Crippen molar-refractivity contribution >= 4 is 0 Å². The highest BCUT2D eigenvalue weighted by molar-refractivity contribution is 4.93. The number of aliphatic hydroxyl groups is 1. The molecule has 1 aliphatic carbocycles. The van der Waals surface area contributed by atoms with Crippen LogP contribution in [0.1, 0.15) is 38.5 Å². The van der Waals surface area contributed by atoms with E-state index < -0.39 is 0 Å². The van der Waals surface area contributed by atoms with Gasteiger partial charge in [-0.05, 0) is 39.3 Å². The summed E-state index contributed by atoms with van der Waals surface area (Å²) in [6.45, 7) is 2.32. The summed E-state index contributed by atoms with van der Waals surface area (Å²) in [4.78, 5) is 2.37. The number of hydrogen-bond acceptors (Lipinski definition) is 2. The lowest BCUT2D eigenvalue weighted by Crippen LogP contribution is -2.45. The van der Waals surface area contributed by atoms with Gasteiger partial charge in [0.2, 0.25) is 0 Å². The Hall–Kier alpha value is -0.0800. The van der Waals surface area contributed by atoms with E-state index in [0.29, 0.717) is 5.92 Å². The van der Waals surface area contributed by atoms with Gasteiger partial charge >= 0.3 is 0 Å².